The smallest absolute Gasteiger partial charge is 1.00 e. The summed E-state index contributed by atoms with van der Waals surface area (Å²) in [5.41, 5.74) is 3.20. The molecule has 3 aromatic rings. The third-order valence-corrected chi connectivity index (χ3v) is 4.61. The molecule has 0 bridgehead atoms. The Bertz CT molecular complexity index is 810. The van der Waals surface area contributed by atoms with Crippen LogP contribution in [0.15, 0.2) is 48.7 Å². The van der Waals surface area contributed by atoms with Gasteiger partial charge in [-0.1, -0.05) is 61.0 Å². The third-order valence-electron chi connectivity index (χ3n) is 3.49. The van der Waals surface area contributed by atoms with E-state index in [4.69, 9.17) is 11.6 Å². The predicted octanol–water partition coefficient (Wildman–Crippen LogP) is 2.69. The first-order valence-electron chi connectivity index (χ1n) is 7.36. The summed E-state index contributed by atoms with van der Waals surface area (Å²) in [7, 11) is 0. The van der Waals surface area contributed by atoms with Gasteiger partial charge in [0, 0.05) is 15.2 Å². The van der Waals surface area contributed by atoms with Crippen LogP contribution in [0, 0.1) is 10.5 Å². The van der Waals surface area contributed by atoms with Crippen LogP contribution >= 0.6 is 34.2 Å². The molecule has 0 aliphatic rings. The number of pyridine rings is 1. The first-order valence-corrected chi connectivity index (χ1v) is 8.82. The van der Waals surface area contributed by atoms with Gasteiger partial charge >= 0.3 is 19.5 Å². The Labute approximate surface area is 186 Å². The standard InChI is InChI=1S/C10H14.C9H5ClINO.ClH.Ru/c1-8(2)10-6-4-9(3)5-7-10;10-6-4-7(11)9(13)8-5(6)2-1-3-12-8;;/h4-8H,1-3H3;1-4,13H;1H;/q;;;+2/p-2. The molecule has 1 aromatic heterocycles. The molecule has 0 fully saturated rings. The van der Waals surface area contributed by atoms with Gasteiger partial charge in [0.1, 0.15) is 0 Å². The second-order valence-electron chi connectivity index (χ2n) is 5.63. The second-order valence-corrected chi connectivity index (χ2v) is 7.20. The van der Waals surface area contributed by atoms with Crippen LogP contribution in [-0.4, -0.2) is 4.98 Å². The van der Waals surface area contributed by atoms with Crippen LogP contribution in [0.3, 0.4) is 0 Å². The van der Waals surface area contributed by atoms with E-state index in [0.717, 1.165) is 5.39 Å². The summed E-state index contributed by atoms with van der Waals surface area (Å²) in [6.07, 6.45) is 1.59. The maximum atomic E-state index is 11.6. The molecule has 0 amide bonds. The van der Waals surface area contributed by atoms with Crippen LogP contribution in [-0.2, 0) is 19.5 Å². The molecule has 3 rings (SSSR count). The largest absolute Gasteiger partial charge is 2.00 e. The van der Waals surface area contributed by atoms with Crippen LogP contribution in [0.1, 0.15) is 30.9 Å². The fraction of sp³-hybridized carbons (Fsp3) is 0.211. The van der Waals surface area contributed by atoms with E-state index in [-0.39, 0.29) is 37.6 Å². The van der Waals surface area contributed by atoms with Crippen LogP contribution < -0.4 is 17.5 Å². The van der Waals surface area contributed by atoms with Gasteiger partial charge < -0.3 is 17.5 Å². The molecular weight excluding hydrogens is 557 g/mol. The summed E-state index contributed by atoms with van der Waals surface area (Å²) in [4.78, 5) is 4.00. The molecule has 0 atom stereocenters. The molecule has 0 radical (unpaired) electrons. The average molecular weight is 575 g/mol. The molecule has 2 aromatic carbocycles. The van der Waals surface area contributed by atoms with Gasteiger partial charge in [0.2, 0.25) is 0 Å². The van der Waals surface area contributed by atoms with Crippen molar-refractivity contribution in [3.8, 4) is 5.75 Å². The Kier molecular flexibility index (Phi) is 11.1. The van der Waals surface area contributed by atoms with Crippen molar-refractivity contribution in [2.45, 2.75) is 26.7 Å². The van der Waals surface area contributed by atoms with Gasteiger partial charge in [-0.05, 0) is 59.2 Å². The Morgan fingerprint density at radius 1 is 1.12 bits per heavy atom. The molecule has 2 nitrogen and oxygen atoms in total. The summed E-state index contributed by atoms with van der Waals surface area (Å²) in [6, 6.07) is 13.9. The average Bonchev–Trinajstić information content (AvgIpc) is 2.54. The zero-order valence-corrected chi connectivity index (χ0v) is 19.4. The van der Waals surface area contributed by atoms with Gasteiger partial charge in [0.15, 0.2) is 0 Å². The molecule has 25 heavy (non-hydrogen) atoms. The van der Waals surface area contributed by atoms with Gasteiger partial charge in [-0.25, -0.2) is 0 Å². The summed E-state index contributed by atoms with van der Waals surface area (Å²) in [6.45, 7) is 6.54. The number of nitrogens with zero attached hydrogens (tertiary/aromatic N) is 1. The van der Waals surface area contributed by atoms with Crippen molar-refractivity contribution in [1.29, 1.82) is 0 Å². The SMILES string of the molecule is Cc1ccc(C(C)C)cc1.[Cl-].[O-]c1c(I)cc(Cl)c2cccnc12.[Ru+2]. The quantitative estimate of drug-likeness (QED) is 0.331. The number of halogens is 3. The normalized spacial score (nSPS) is 9.68. The predicted molar refractivity (Wildman–Crippen MR) is 104 cm³/mol. The summed E-state index contributed by atoms with van der Waals surface area (Å²) >= 11 is 7.91. The Hall–Kier alpha value is -0.417. The van der Waals surface area contributed by atoms with Gasteiger partial charge in [-0.2, -0.15) is 0 Å². The number of hydrogen-bond acceptors (Lipinski definition) is 2. The fourth-order valence-electron chi connectivity index (χ4n) is 2.10. The maximum absolute atomic E-state index is 11.6. The number of rotatable bonds is 1. The van der Waals surface area contributed by atoms with E-state index in [1.165, 1.54) is 11.1 Å². The Morgan fingerprint density at radius 2 is 1.72 bits per heavy atom. The van der Waals surface area contributed by atoms with E-state index < -0.39 is 0 Å². The Balaban J connectivity index is 0.000000440. The van der Waals surface area contributed by atoms with E-state index >= 15 is 0 Å². The third kappa shape index (κ3) is 6.67. The van der Waals surface area contributed by atoms with Crippen molar-refractivity contribution in [3.05, 3.63) is 68.4 Å². The number of aryl methyl sites for hydroxylation is 1. The first kappa shape index (κ1) is 24.6. The van der Waals surface area contributed by atoms with E-state index in [2.05, 4.69) is 50.0 Å². The first-order chi connectivity index (χ1) is 10.9. The number of benzene rings is 2. The van der Waals surface area contributed by atoms with Gasteiger partial charge in [0.25, 0.3) is 0 Å². The topological polar surface area (TPSA) is 36.0 Å². The molecule has 0 N–H and O–H groups in total. The summed E-state index contributed by atoms with van der Waals surface area (Å²) < 4.78 is 0.605. The maximum Gasteiger partial charge on any atom is 2.00 e. The van der Waals surface area contributed by atoms with Gasteiger partial charge in [-0.3, -0.25) is 4.98 Å². The van der Waals surface area contributed by atoms with Crippen molar-refractivity contribution in [1.82, 2.24) is 4.98 Å². The van der Waals surface area contributed by atoms with Crippen molar-refractivity contribution in [3.63, 3.8) is 0 Å². The van der Waals surface area contributed by atoms with Crippen molar-refractivity contribution in [2.24, 2.45) is 0 Å². The van der Waals surface area contributed by atoms with Crippen molar-refractivity contribution >= 4 is 45.1 Å². The number of aromatic nitrogens is 1. The molecule has 0 aliphatic carbocycles. The minimum absolute atomic E-state index is 0. The molecule has 0 aliphatic heterocycles. The van der Waals surface area contributed by atoms with Crippen LogP contribution in [0.25, 0.3) is 10.9 Å². The molecule has 0 saturated carbocycles. The van der Waals surface area contributed by atoms with Crippen molar-refractivity contribution in [2.75, 3.05) is 0 Å². The summed E-state index contributed by atoms with van der Waals surface area (Å²) in [5.74, 6) is 0.598. The molecule has 0 spiro atoms. The van der Waals surface area contributed by atoms with Gasteiger partial charge in [0.05, 0.1) is 10.5 Å². The second kappa shape index (κ2) is 11.3. The van der Waals surface area contributed by atoms with Crippen LogP contribution in [0.4, 0.5) is 0 Å². The van der Waals surface area contributed by atoms with Crippen LogP contribution in [0.2, 0.25) is 5.02 Å². The molecular formula is C19H18Cl2INORu. The summed E-state index contributed by atoms with van der Waals surface area (Å²) in [5, 5.41) is 12.8. The fourth-order valence-corrected chi connectivity index (χ4v) is 3.11. The van der Waals surface area contributed by atoms with E-state index in [1.54, 1.807) is 24.4 Å². The molecule has 1 heterocycles. The number of hydrogen-bond donors (Lipinski definition) is 0. The molecule has 134 valence electrons. The van der Waals surface area contributed by atoms with E-state index in [0.29, 0.717) is 20.0 Å². The zero-order chi connectivity index (χ0) is 17.0. The van der Waals surface area contributed by atoms with Crippen LogP contribution in [0.5, 0.6) is 5.75 Å². The minimum Gasteiger partial charge on any atom is -1.00 e. The monoisotopic (exact) mass is 575 g/mol. The zero-order valence-electron chi connectivity index (χ0n) is 14.0. The van der Waals surface area contributed by atoms with E-state index in [1.807, 2.05) is 22.6 Å². The van der Waals surface area contributed by atoms with Gasteiger partial charge in [-0.15, -0.1) is 0 Å². The number of fused-ring (bicyclic) bond motifs is 1. The van der Waals surface area contributed by atoms with Crippen molar-refractivity contribution < 1.29 is 37.0 Å². The van der Waals surface area contributed by atoms with E-state index in [9.17, 15) is 5.11 Å². The molecule has 0 unspecified atom stereocenters. The minimum atomic E-state index is -0.0550. The molecule has 0 saturated heterocycles. The Morgan fingerprint density at radius 3 is 2.28 bits per heavy atom. The molecule has 6 heteroatoms.